The monoisotopic (exact) mass is 277 g/mol. The smallest absolute Gasteiger partial charge is 0.0922 e. The van der Waals surface area contributed by atoms with Crippen molar-refractivity contribution in [2.75, 3.05) is 5.75 Å². The van der Waals surface area contributed by atoms with Gasteiger partial charge in [0.2, 0.25) is 0 Å². The maximum absolute atomic E-state index is 10.3. The summed E-state index contributed by atoms with van der Waals surface area (Å²) >= 11 is 3.77. The quantitative estimate of drug-likeness (QED) is 0.935. The first-order valence-corrected chi connectivity index (χ1v) is 8.06. The summed E-state index contributed by atoms with van der Waals surface area (Å²) in [5.74, 6) is 2.32. The number of aliphatic hydroxyl groups excluding tert-OH is 1. The fourth-order valence-corrected chi connectivity index (χ4v) is 4.54. The van der Waals surface area contributed by atoms with E-state index in [-0.39, 0.29) is 6.10 Å². The van der Waals surface area contributed by atoms with E-state index >= 15 is 0 Å². The molecule has 0 radical (unpaired) electrons. The fraction of sp³-hybridized carbons (Fsp3) is 0.357. The molecule has 1 atom stereocenters. The van der Waals surface area contributed by atoms with Gasteiger partial charge in [-0.15, -0.1) is 11.3 Å². The van der Waals surface area contributed by atoms with Gasteiger partial charge in [0.1, 0.15) is 0 Å². The van der Waals surface area contributed by atoms with Crippen molar-refractivity contribution in [1.29, 1.82) is 0 Å². The number of aryl methyl sites for hydroxylation is 1. The summed E-state index contributed by atoms with van der Waals surface area (Å²) in [5.41, 5.74) is 2.57. The Morgan fingerprint density at radius 1 is 1.33 bits per heavy atom. The van der Waals surface area contributed by atoms with Crippen LogP contribution in [-0.2, 0) is 18.6 Å². The Balaban J connectivity index is 1.76. The van der Waals surface area contributed by atoms with E-state index in [1.165, 1.54) is 16.2 Å². The van der Waals surface area contributed by atoms with Crippen molar-refractivity contribution in [3.63, 3.8) is 0 Å². The van der Waals surface area contributed by atoms with E-state index in [0.717, 1.165) is 22.6 Å². The second kappa shape index (κ2) is 5.43. The number of aromatic nitrogens is 1. The van der Waals surface area contributed by atoms with Crippen molar-refractivity contribution in [3.8, 4) is 0 Å². The van der Waals surface area contributed by atoms with Gasteiger partial charge >= 0.3 is 0 Å². The van der Waals surface area contributed by atoms with E-state index in [2.05, 4.69) is 11.1 Å². The van der Waals surface area contributed by atoms with E-state index in [4.69, 9.17) is 0 Å². The molecule has 2 aromatic rings. The van der Waals surface area contributed by atoms with Crippen LogP contribution in [0.4, 0.5) is 0 Å². The number of nitrogens with zero attached hydrogens (tertiary/aromatic N) is 1. The SMILES string of the molecule is OC(Cc1ccncc1)c1cc2c(s1)CCSC2. The number of thioether (sulfide) groups is 1. The number of hydrogen-bond donors (Lipinski definition) is 1. The van der Waals surface area contributed by atoms with Gasteiger partial charge in [-0.3, -0.25) is 4.98 Å². The first-order chi connectivity index (χ1) is 8.83. The lowest BCUT2D eigenvalue weighted by Gasteiger charge is -2.08. The molecule has 3 rings (SSSR count). The van der Waals surface area contributed by atoms with Crippen molar-refractivity contribution in [1.82, 2.24) is 4.98 Å². The molecular formula is C14H15NOS2. The van der Waals surface area contributed by atoms with Crippen molar-refractivity contribution < 1.29 is 5.11 Å². The van der Waals surface area contributed by atoms with Gasteiger partial charge in [0.05, 0.1) is 6.10 Å². The number of hydrogen-bond acceptors (Lipinski definition) is 4. The van der Waals surface area contributed by atoms with Crippen molar-refractivity contribution in [2.45, 2.75) is 24.7 Å². The van der Waals surface area contributed by atoms with E-state index in [1.54, 1.807) is 23.7 Å². The lowest BCUT2D eigenvalue weighted by molar-refractivity contribution is 0.182. The molecule has 2 nitrogen and oxygen atoms in total. The Labute approximate surface area is 115 Å². The van der Waals surface area contributed by atoms with Crippen LogP contribution in [0, 0.1) is 0 Å². The van der Waals surface area contributed by atoms with Crippen LogP contribution in [0.25, 0.3) is 0 Å². The highest BCUT2D eigenvalue weighted by molar-refractivity contribution is 7.98. The van der Waals surface area contributed by atoms with Crippen molar-refractivity contribution >= 4 is 23.1 Å². The highest BCUT2D eigenvalue weighted by Gasteiger charge is 2.18. The highest BCUT2D eigenvalue weighted by atomic mass is 32.2. The van der Waals surface area contributed by atoms with Gasteiger partial charge in [0.25, 0.3) is 0 Å². The molecule has 0 spiro atoms. The van der Waals surface area contributed by atoms with Gasteiger partial charge in [-0.05, 0) is 41.5 Å². The summed E-state index contributed by atoms with van der Waals surface area (Å²) in [6, 6.07) is 6.12. The molecule has 0 saturated heterocycles. The second-order valence-corrected chi connectivity index (χ2v) is 6.75. The lowest BCUT2D eigenvalue weighted by atomic mass is 10.1. The van der Waals surface area contributed by atoms with Gasteiger partial charge in [-0.2, -0.15) is 11.8 Å². The molecule has 1 aliphatic heterocycles. The Morgan fingerprint density at radius 2 is 2.17 bits per heavy atom. The minimum atomic E-state index is -0.381. The third kappa shape index (κ3) is 2.60. The summed E-state index contributed by atoms with van der Waals surface area (Å²) in [6.45, 7) is 0. The van der Waals surface area contributed by atoms with Crippen LogP contribution in [0.1, 0.15) is 27.0 Å². The molecule has 1 unspecified atom stereocenters. The van der Waals surface area contributed by atoms with Crippen LogP contribution in [0.15, 0.2) is 30.6 Å². The molecule has 2 aromatic heterocycles. The molecule has 4 heteroatoms. The Hall–Kier alpha value is -0.840. The Bertz CT molecular complexity index is 500. The predicted octanol–water partition coefficient (Wildman–Crippen LogP) is 3.21. The Kier molecular flexibility index (Phi) is 3.68. The molecule has 1 N–H and O–H groups in total. The van der Waals surface area contributed by atoms with Gasteiger partial charge in [0.15, 0.2) is 0 Å². The summed E-state index contributed by atoms with van der Waals surface area (Å²) in [4.78, 5) is 6.58. The summed E-state index contributed by atoms with van der Waals surface area (Å²) in [5, 5.41) is 10.3. The minimum absolute atomic E-state index is 0.381. The van der Waals surface area contributed by atoms with E-state index < -0.39 is 0 Å². The van der Waals surface area contributed by atoms with Crippen LogP contribution in [0.2, 0.25) is 0 Å². The van der Waals surface area contributed by atoms with Crippen molar-refractivity contribution in [2.24, 2.45) is 0 Å². The standard InChI is InChI=1S/C14H15NOS2/c16-12(7-10-1-4-15-5-2-10)14-8-11-9-17-6-3-13(11)18-14/h1-2,4-5,8,12,16H,3,6-7,9H2. The predicted molar refractivity (Wildman–Crippen MR) is 77.1 cm³/mol. The van der Waals surface area contributed by atoms with Crippen LogP contribution in [-0.4, -0.2) is 15.8 Å². The summed E-state index contributed by atoms with van der Waals surface area (Å²) in [6.07, 6.45) is 5.01. The number of fused-ring (bicyclic) bond motifs is 1. The maximum atomic E-state index is 10.3. The topological polar surface area (TPSA) is 33.1 Å². The molecule has 0 fully saturated rings. The molecule has 0 saturated carbocycles. The van der Waals surface area contributed by atoms with Gasteiger partial charge in [0, 0.05) is 34.3 Å². The van der Waals surface area contributed by atoms with Crippen LogP contribution >= 0.6 is 23.1 Å². The van der Waals surface area contributed by atoms with Gasteiger partial charge in [-0.25, -0.2) is 0 Å². The van der Waals surface area contributed by atoms with Crippen molar-refractivity contribution in [3.05, 3.63) is 51.5 Å². The van der Waals surface area contributed by atoms with E-state index in [0.29, 0.717) is 6.42 Å². The summed E-state index contributed by atoms with van der Waals surface area (Å²) < 4.78 is 0. The van der Waals surface area contributed by atoms with Crippen LogP contribution in [0.5, 0.6) is 0 Å². The third-order valence-corrected chi connectivity index (χ3v) is 5.50. The number of rotatable bonds is 3. The molecule has 94 valence electrons. The molecule has 3 heterocycles. The number of pyridine rings is 1. The number of thiophene rings is 1. The summed E-state index contributed by atoms with van der Waals surface area (Å²) in [7, 11) is 0. The normalized spacial score (nSPS) is 16.3. The molecular weight excluding hydrogens is 262 g/mol. The third-order valence-electron chi connectivity index (χ3n) is 3.15. The lowest BCUT2D eigenvalue weighted by Crippen LogP contribution is -1.99. The van der Waals surface area contributed by atoms with E-state index in [1.807, 2.05) is 23.9 Å². The zero-order valence-corrected chi connectivity index (χ0v) is 11.6. The molecule has 0 amide bonds. The van der Waals surface area contributed by atoms with Gasteiger partial charge in [-0.1, -0.05) is 0 Å². The van der Waals surface area contributed by atoms with Gasteiger partial charge < -0.3 is 5.11 Å². The Morgan fingerprint density at radius 3 is 2.94 bits per heavy atom. The van der Waals surface area contributed by atoms with E-state index in [9.17, 15) is 5.11 Å². The molecule has 1 aliphatic rings. The maximum Gasteiger partial charge on any atom is 0.0922 e. The van der Waals surface area contributed by atoms with Crippen LogP contribution < -0.4 is 0 Å². The minimum Gasteiger partial charge on any atom is -0.387 e. The highest BCUT2D eigenvalue weighted by Crippen LogP contribution is 2.35. The molecule has 0 aliphatic carbocycles. The average Bonchev–Trinajstić information content (AvgIpc) is 2.84. The zero-order valence-electron chi connectivity index (χ0n) is 10.0. The first kappa shape index (κ1) is 12.2. The second-order valence-electron chi connectivity index (χ2n) is 4.48. The van der Waals surface area contributed by atoms with Crippen LogP contribution in [0.3, 0.4) is 0 Å². The molecule has 0 aromatic carbocycles. The average molecular weight is 277 g/mol. The fourth-order valence-electron chi connectivity index (χ4n) is 2.18. The molecule has 0 bridgehead atoms. The molecule has 18 heavy (non-hydrogen) atoms. The largest absolute Gasteiger partial charge is 0.387 e. The number of aliphatic hydroxyl groups is 1. The zero-order chi connectivity index (χ0) is 12.4. The first-order valence-electron chi connectivity index (χ1n) is 6.09.